The van der Waals surface area contributed by atoms with Gasteiger partial charge in [0.25, 0.3) is 0 Å². The lowest BCUT2D eigenvalue weighted by atomic mass is 10.2. The third kappa shape index (κ3) is 4.66. The van der Waals surface area contributed by atoms with Gasteiger partial charge in [0.1, 0.15) is 0 Å². The third-order valence-electron chi connectivity index (χ3n) is 3.89. The predicted octanol–water partition coefficient (Wildman–Crippen LogP) is 3.96. The zero-order valence-electron chi connectivity index (χ0n) is 14.9. The van der Waals surface area contributed by atoms with Crippen LogP contribution in [0.15, 0.2) is 48.8 Å². The minimum absolute atomic E-state index is 0.314. The van der Waals surface area contributed by atoms with Crippen molar-refractivity contribution in [2.75, 3.05) is 10.6 Å². The Morgan fingerprint density at radius 2 is 1.81 bits per heavy atom. The van der Waals surface area contributed by atoms with E-state index in [-0.39, 0.29) is 6.03 Å². The number of hydrogen-bond donors (Lipinski definition) is 2. The summed E-state index contributed by atoms with van der Waals surface area (Å²) in [4.78, 5) is 16.2. The summed E-state index contributed by atoms with van der Waals surface area (Å²) >= 11 is 0. The van der Waals surface area contributed by atoms with Gasteiger partial charge in [-0.15, -0.1) is 5.10 Å². The number of rotatable bonds is 6. The van der Waals surface area contributed by atoms with Crippen molar-refractivity contribution in [3.05, 3.63) is 60.2 Å². The number of aryl methyl sites for hydroxylation is 2. The molecule has 0 saturated carbocycles. The molecule has 2 amide bonds. The van der Waals surface area contributed by atoms with E-state index < -0.39 is 0 Å². The highest BCUT2D eigenvalue weighted by atomic mass is 16.2. The van der Waals surface area contributed by atoms with Crippen molar-refractivity contribution >= 4 is 17.4 Å². The van der Waals surface area contributed by atoms with Gasteiger partial charge in [0.2, 0.25) is 0 Å². The molecule has 26 heavy (non-hydrogen) atoms. The van der Waals surface area contributed by atoms with Crippen molar-refractivity contribution in [2.24, 2.45) is 0 Å². The molecule has 134 valence electrons. The Morgan fingerprint density at radius 1 is 1.08 bits per heavy atom. The Labute approximate surface area is 152 Å². The SMILES string of the molecule is CCCCc1cn(-c2ccc(NC(=O)Nc3ccc(C)nc3)cc2)nn1. The van der Waals surface area contributed by atoms with Crippen LogP contribution in [0.4, 0.5) is 16.2 Å². The van der Waals surface area contributed by atoms with E-state index >= 15 is 0 Å². The normalized spacial score (nSPS) is 10.5. The van der Waals surface area contributed by atoms with Crippen molar-refractivity contribution in [3.8, 4) is 5.69 Å². The molecule has 0 spiro atoms. The average molecular weight is 350 g/mol. The summed E-state index contributed by atoms with van der Waals surface area (Å²) in [6.07, 6.45) is 6.74. The number of nitrogens with zero attached hydrogens (tertiary/aromatic N) is 4. The van der Waals surface area contributed by atoms with Gasteiger partial charge in [0.05, 0.1) is 29.5 Å². The molecule has 3 aromatic rings. The van der Waals surface area contributed by atoms with Crippen LogP contribution >= 0.6 is 0 Å². The maximum atomic E-state index is 12.0. The highest BCUT2D eigenvalue weighted by Gasteiger charge is 2.05. The van der Waals surface area contributed by atoms with Gasteiger partial charge in [-0.1, -0.05) is 18.6 Å². The number of carbonyl (C=O) groups excluding carboxylic acids is 1. The van der Waals surface area contributed by atoms with E-state index in [4.69, 9.17) is 0 Å². The summed E-state index contributed by atoms with van der Waals surface area (Å²) in [5.74, 6) is 0. The highest BCUT2D eigenvalue weighted by molar-refractivity contribution is 5.99. The van der Waals surface area contributed by atoms with Crippen LogP contribution in [-0.2, 0) is 6.42 Å². The largest absolute Gasteiger partial charge is 0.323 e. The minimum Gasteiger partial charge on any atom is -0.308 e. The molecular formula is C19H22N6O. The molecule has 7 nitrogen and oxygen atoms in total. The first-order valence-electron chi connectivity index (χ1n) is 8.66. The molecule has 0 unspecified atom stereocenters. The number of anilines is 2. The van der Waals surface area contributed by atoms with Crippen LogP contribution in [0.2, 0.25) is 0 Å². The van der Waals surface area contributed by atoms with Crippen LogP contribution in [0.1, 0.15) is 31.2 Å². The van der Waals surface area contributed by atoms with Crippen LogP contribution in [0, 0.1) is 6.92 Å². The van der Waals surface area contributed by atoms with Crippen LogP contribution in [0.25, 0.3) is 5.69 Å². The molecule has 0 radical (unpaired) electrons. The predicted molar refractivity (Wildman–Crippen MR) is 102 cm³/mol. The zero-order valence-corrected chi connectivity index (χ0v) is 14.9. The molecule has 0 aliphatic carbocycles. The third-order valence-corrected chi connectivity index (χ3v) is 3.89. The minimum atomic E-state index is -0.314. The van der Waals surface area contributed by atoms with Crippen molar-refractivity contribution in [1.29, 1.82) is 0 Å². The fourth-order valence-corrected chi connectivity index (χ4v) is 2.43. The molecule has 0 aliphatic heterocycles. The lowest BCUT2D eigenvalue weighted by Crippen LogP contribution is -2.19. The molecule has 7 heteroatoms. The van der Waals surface area contributed by atoms with Gasteiger partial charge in [-0.05, 0) is 56.2 Å². The van der Waals surface area contributed by atoms with Crippen LogP contribution in [0.5, 0.6) is 0 Å². The molecule has 2 aromatic heterocycles. The van der Waals surface area contributed by atoms with Gasteiger partial charge in [-0.25, -0.2) is 9.48 Å². The summed E-state index contributed by atoms with van der Waals surface area (Å²) in [5.41, 5.74) is 4.12. The highest BCUT2D eigenvalue weighted by Crippen LogP contribution is 2.14. The fraction of sp³-hybridized carbons (Fsp3) is 0.263. The smallest absolute Gasteiger partial charge is 0.308 e. The topological polar surface area (TPSA) is 84.7 Å². The van der Waals surface area contributed by atoms with E-state index in [0.29, 0.717) is 11.4 Å². The Kier molecular flexibility index (Phi) is 5.58. The molecular weight excluding hydrogens is 328 g/mol. The molecule has 2 heterocycles. The number of amides is 2. The average Bonchev–Trinajstić information content (AvgIpc) is 3.11. The van der Waals surface area contributed by atoms with Gasteiger partial charge in [0, 0.05) is 11.4 Å². The van der Waals surface area contributed by atoms with Crippen LogP contribution in [0.3, 0.4) is 0 Å². The van der Waals surface area contributed by atoms with E-state index in [2.05, 4.69) is 32.9 Å². The zero-order chi connectivity index (χ0) is 18.4. The van der Waals surface area contributed by atoms with E-state index in [1.54, 1.807) is 10.9 Å². The van der Waals surface area contributed by atoms with Crippen molar-refractivity contribution in [1.82, 2.24) is 20.0 Å². The first-order valence-corrected chi connectivity index (χ1v) is 8.66. The Balaban J connectivity index is 1.59. The van der Waals surface area contributed by atoms with E-state index in [9.17, 15) is 4.79 Å². The van der Waals surface area contributed by atoms with E-state index in [1.807, 2.05) is 49.5 Å². The quantitative estimate of drug-likeness (QED) is 0.705. The number of nitrogens with one attached hydrogen (secondary N) is 2. The molecule has 1 aromatic carbocycles. The Morgan fingerprint density at radius 3 is 2.50 bits per heavy atom. The summed E-state index contributed by atoms with van der Waals surface area (Å²) in [7, 11) is 0. The number of aromatic nitrogens is 4. The summed E-state index contributed by atoms with van der Waals surface area (Å²) < 4.78 is 1.74. The number of urea groups is 1. The summed E-state index contributed by atoms with van der Waals surface area (Å²) in [5, 5.41) is 13.9. The fourth-order valence-electron chi connectivity index (χ4n) is 2.43. The van der Waals surface area contributed by atoms with Crippen molar-refractivity contribution < 1.29 is 4.79 Å². The molecule has 0 saturated heterocycles. The molecule has 0 aliphatic rings. The Hall–Kier alpha value is -3.22. The first-order chi connectivity index (χ1) is 12.6. The second-order valence-corrected chi connectivity index (χ2v) is 6.07. The molecule has 0 fully saturated rings. The van der Waals surface area contributed by atoms with Gasteiger partial charge in [0.15, 0.2) is 0 Å². The van der Waals surface area contributed by atoms with E-state index in [1.165, 1.54) is 0 Å². The van der Waals surface area contributed by atoms with Gasteiger partial charge < -0.3 is 10.6 Å². The standard InChI is InChI=1S/C19H22N6O/c1-3-4-5-17-13-25(24-23-17)18-10-8-15(9-11-18)21-19(26)22-16-7-6-14(2)20-12-16/h6-13H,3-5H2,1-2H3,(H2,21,22,26). The van der Waals surface area contributed by atoms with Crippen molar-refractivity contribution in [2.45, 2.75) is 33.1 Å². The first kappa shape index (κ1) is 17.6. The number of unbranched alkanes of at least 4 members (excludes halogenated alkanes) is 1. The molecule has 0 atom stereocenters. The monoisotopic (exact) mass is 350 g/mol. The maximum Gasteiger partial charge on any atom is 0.323 e. The summed E-state index contributed by atoms with van der Waals surface area (Å²) in [6.45, 7) is 4.05. The number of benzene rings is 1. The van der Waals surface area contributed by atoms with Gasteiger partial charge >= 0.3 is 6.03 Å². The summed E-state index contributed by atoms with van der Waals surface area (Å²) in [6, 6.07) is 10.8. The lowest BCUT2D eigenvalue weighted by Gasteiger charge is -2.08. The van der Waals surface area contributed by atoms with Crippen LogP contribution in [-0.4, -0.2) is 26.0 Å². The van der Waals surface area contributed by atoms with E-state index in [0.717, 1.165) is 36.3 Å². The molecule has 0 bridgehead atoms. The van der Waals surface area contributed by atoms with Crippen LogP contribution < -0.4 is 10.6 Å². The Bertz CT molecular complexity index is 854. The second-order valence-electron chi connectivity index (χ2n) is 6.07. The second kappa shape index (κ2) is 8.24. The van der Waals surface area contributed by atoms with Gasteiger partial charge in [-0.3, -0.25) is 4.98 Å². The molecule has 2 N–H and O–H groups in total. The molecule has 3 rings (SSSR count). The maximum absolute atomic E-state index is 12.0. The lowest BCUT2D eigenvalue weighted by molar-refractivity contribution is 0.262. The number of hydrogen-bond acceptors (Lipinski definition) is 4. The van der Waals surface area contributed by atoms with Crippen molar-refractivity contribution in [3.63, 3.8) is 0 Å². The number of pyridine rings is 1. The number of carbonyl (C=O) groups is 1. The van der Waals surface area contributed by atoms with Gasteiger partial charge in [-0.2, -0.15) is 0 Å².